The van der Waals surface area contributed by atoms with E-state index in [9.17, 15) is 19.2 Å². The molecule has 3 aliphatic carbocycles. The monoisotopic (exact) mass is 902 g/mol. The first-order valence-electron chi connectivity index (χ1n) is 23.1. The summed E-state index contributed by atoms with van der Waals surface area (Å²) in [6, 6.07) is 13.8. The Balaban J connectivity index is 0.899. The third kappa shape index (κ3) is 7.45. The van der Waals surface area contributed by atoms with Crippen molar-refractivity contribution in [2.24, 2.45) is 23.2 Å². The number of hydrogen-bond donors (Lipinski definition) is 4. The highest BCUT2D eigenvalue weighted by atomic mass is 19.3. The molecule has 1 unspecified atom stereocenters. The fourth-order valence-electron chi connectivity index (χ4n) is 11.2. The summed E-state index contributed by atoms with van der Waals surface area (Å²) >= 11 is 0. The second-order valence-corrected chi connectivity index (χ2v) is 19.9. The quantitative estimate of drug-likeness (QED) is 0.107. The van der Waals surface area contributed by atoms with Crippen molar-refractivity contribution in [3.63, 3.8) is 0 Å². The molecule has 6 atom stereocenters. The summed E-state index contributed by atoms with van der Waals surface area (Å²) in [5.74, 6) is -2.30. The van der Waals surface area contributed by atoms with Crippen LogP contribution in [0.2, 0.25) is 0 Å². The van der Waals surface area contributed by atoms with Gasteiger partial charge in [-0.15, -0.1) is 0 Å². The van der Waals surface area contributed by atoms with Gasteiger partial charge in [-0.2, -0.15) is 8.78 Å². The van der Waals surface area contributed by atoms with Gasteiger partial charge < -0.3 is 39.9 Å². The second kappa shape index (κ2) is 16.2. The number of rotatable bonds is 10. The largest absolute Gasteiger partial charge is 0.453 e. The maximum absolute atomic E-state index is 16.7. The number of aromatic nitrogens is 4. The molecule has 2 aromatic heterocycles. The van der Waals surface area contributed by atoms with Gasteiger partial charge in [0.1, 0.15) is 23.7 Å². The SMILES string of the molecule is COC(=O)N[C@H](C(=O)N1CC2(CC2)C[C@@H]1c1ncc(-c2ccc3c(c2)C(F)(F)c2cc(-c4ccc5nc(C6C[C@H]7CC[C@H](C7)N6C(=O)[C@@H](NC(=O)OC)C(C)C)[nH]c5c4)ccc2-3)[nH]1)C(C)C. The molecule has 0 radical (unpaired) electrons. The van der Waals surface area contributed by atoms with Gasteiger partial charge in [-0.25, -0.2) is 19.6 Å². The van der Waals surface area contributed by atoms with Gasteiger partial charge in [0.15, 0.2) is 0 Å². The summed E-state index contributed by atoms with van der Waals surface area (Å²) in [5.41, 5.74) is 4.68. The number of alkyl halides is 2. The van der Waals surface area contributed by atoms with Crippen LogP contribution in [0.1, 0.15) is 108 Å². The van der Waals surface area contributed by atoms with E-state index in [4.69, 9.17) is 19.4 Å². The van der Waals surface area contributed by atoms with Crippen molar-refractivity contribution >= 4 is 35.0 Å². The van der Waals surface area contributed by atoms with Crippen LogP contribution >= 0.6 is 0 Å². The zero-order valence-corrected chi connectivity index (χ0v) is 38.0. The third-order valence-corrected chi connectivity index (χ3v) is 15.0. The molecule has 3 aromatic carbocycles. The topological polar surface area (TPSA) is 175 Å². The maximum Gasteiger partial charge on any atom is 0.407 e. The molecule has 2 saturated carbocycles. The van der Waals surface area contributed by atoms with Crippen molar-refractivity contribution in [2.75, 3.05) is 20.8 Å². The molecule has 4 amide bonds. The zero-order chi connectivity index (χ0) is 46.4. The first-order valence-corrected chi connectivity index (χ1v) is 23.1. The number of nitrogens with one attached hydrogen (secondary N) is 4. The molecule has 1 spiro atoms. The molecular weight excluding hydrogens is 847 g/mol. The first kappa shape index (κ1) is 43.6. The standard InChI is InChI=1S/C50H56F2N8O6/c1-25(2)41(57-47(63)65-5)45(61)59-24-49(15-16-49)22-40(59)43-53-23-38(56-43)30-9-13-33-32-12-8-28(19-34(32)50(51,52)35(33)20-30)29-10-14-36-37(21-29)55-44(54-36)39-18-27-7-11-31(17-27)60(39)46(62)42(26(3)4)58-48(64)66-6/h8-10,12-14,19-21,23,25-27,31,39-42H,7,11,15-18,22,24H2,1-6H3,(H,53,56)(H,54,55)(H,57,63)(H,58,64)/t27-,31+,39?,40+,41-,42-/m0/s1. The number of aromatic amines is 2. The normalized spacial score (nSPS) is 22.9. The molecule has 4 heterocycles. The van der Waals surface area contributed by atoms with Crippen molar-refractivity contribution in [3.05, 3.63) is 83.6 Å². The number of amides is 4. The summed E-state index contributed by atoms with van der Waals surface area (Å²) in [6.07, 6.45) is 6.61. The summed E-state index contributed by atoms with van der Waals surface area (Å²) in [4.78, 5) is 72.9. The van der Waals surface area contributed by atoms with E-state index >= 15 is 8.78 Å². The summed E-state index contributed by atoms with van der Waals surface area (Å²) < 4.78 is 43.1. The molecule has 346 valence electrons. The van der Waals surface area contributed by atoms with E-state index in [-0.39, 0.29) is 58.3 Å². The lowest BCUT2D eigenvalue weighted by Crippen LogP contribution is -2.55. The number of methoxy groups -OCH3 is 2. The van der Waals surface area contributed by atoms with E-state index in [1.54, 1.807) is 29.3 Å². The minimum Gasteiger partial charge on any atom is -0.453 e. The number of H-pyrrole nitrogens is 2. The highest BCUT2D eigenvalue weighted by Crippen LogP contribution is 2.59. The predicted molar refractivity (Wildman–Crippen MR) is 242 cm³/mol. The number of benzene rings is 3. The molecule has 5 aromatic rings. The van der Waals surface area contributed by atoms with Crippen LogP contribution in [0.3, 0.4) is 0 Å². The molecule has 2 bridgehead atoms. The van der Waals surface area contributed by atoms with E-state index in [2.05, 4.69) is 20.6 Å². The average Bonchev–Trinajstić information content (AvgIpc) is 3.79. The van der Waals surface area contributed by atoms with Crippen LogP contribution in [0.4, 0.5) is 18.4 Å². The highest BCUT2D eigenvalue weighted by Gasteiger charge is 2.55. The number of carbonyl (C=O) groups is 4. The van der Waals surface area contributed by atoms with Gasteiger partial charge in [0.25, 0.3) is 5.92 Å². The molecule has 2 saturated heterocycles. The Morgan fingerprint density at radius 3 is 2.03 bits per heavy atom. The molecule has 4 fully saturated rings. The summed E-state index contributed by atoms with van der Waals surface area (Å²) in [7, 11) is 2.55. The Morgan fingerprint density at radius 2 is 1.38 bits per heavy atom. The van der Waals surface area contributed by atoms with Crippen LogP contribution in [0.25, 0.3) is 44.5 Å². The van der Waals surface area contributed by atoms with Crippen LogP contribution < -0.4 is 10.6 Å². The van der Waals surface area contributed by atoms with Crippen molar-refractivity contribution < 1.29 is 37.4 Å². The Kier molecular flexibility index (Phi) is 10.7. The van der Waals surface area contributed by atoms with Gasteiger partial charge in [0.05, 0.1) is 49.2 Å². The van der Waals surface area contributed by atoms with Gasteiger partial charge in [-0.1, -0.05) is 58.0 Å². The van der Waals surface area contributed by atoms with Crippen molar-refractivity contribution in [2.45, 2.75) is 109 Å². The fraction of sp³-hybridized carbons (Fsp3) is 0.480. The maximum atomic E-state index is 16.7. The molecule has 10 rings (SSSR count). The molecule has 66 heavy (non-hydrogen) atoms. The van der Waals surface area contributed by atoms with E-state index in [1.807, 2.05) is 62.9 Å². The van der Waals surface area contributed by atoms with E-state index in [0.717, 1.165) is 56.0 Å². The van der Waals surface area contributed by atoms with Crippen LogP contribution in [-0.2, 0) is 25.0 Å². The van der Waals surface area contributed by atoms with Crippen molar-refractivity contribution in [1.82, 2.24) is 40.4 Å². The number of imidazole rings is 2. The van der Waals surface area contributed by atoms with Gasteiger partial charge in [-0.3, -0.25) is 9.59 Å². The number of nitrogens with zero attached hydrogens (tertiary/aromatic N) is 4. The smallest absolute Gasteiger partial charge is 0.407 e. The fourth-order valence-corrected chi connectivity index (χ4v) is 11.2. The Labute approximate surface area is 381 Å². The second-order valence-electron chi connectivity index (χ2n) is 19.9. The molecule has 5 aliphatic rings. The predicted octanol–water partition coefficient (Wildman–Crippen LogP) is 9.00. The zero-order valence-electron chi connectivity index (χ0n) is 38.0. The Morgan fingerprint density at radius 1 is 0.758 bits per heavy atom. The summed E-state index contributed by atoms with van der Waals surface area (Å²) in [5, 5.41) is 5.45. The number of hydrogen-bond acceptors (Lipinski definition) is 8. The van der Waals surface area contributed by atoms with Gasteiger partial charge in [-0.05, 0) is 115 Å². The Hall–Kier alpha value is -6.32. The van der Waals surface area contributed by atoms with Gasteiger partial charge in [0.2, 0.25) is 11.8 Å². The lowest BCUT2D eigenvalue weighted by molar-refractivity contribution is -0.141. The third-order valence-electron chi connectivity index (χ3n) is 15.0. The van der Waals surface area contributed by atoms with E-state index in [0.29, 0.717) is 57.6 Å². The van der Waals surface area contributed by atoms with E-state index < -0.39 is 30.2 Å². The number of carbonyl (C=O) groups excluding carboxylic acids is 4. The molecule has 2 aliphatic heterocycles. The molecular formula is C50H56F2N8O6. The number of likely N-dealkylation sites (tertiary alicyclic amines) is 2. The Bertz CT molecular complexity index is 2760. The lowest BCUT2D eigenvalue weighted by Gasteiger charge is -2.42. The molecule has 14 nitrogen and oxygen atoms in total. The molecule has 16 heteroatoms. The highest BCUT2D eigenvalue weighted by molar-refractivity contribution is 5.89. The number of piperidine rings is 1. The average molecular weight is 903 g/mol. The van der Waals surface area contributed by atoms with Gasteiger partial charge >= 0.3 is 12.2 Å². The van der Waals surface area contributed by atoms with Crippen LogP contribution in [0, 0.1) is 23.2 Å². The van der Waals surface area contributed by atoms with Crippen LogP contribution in [-0.4, -0.2) is 92.6 Å². The van der Waals surface area contributed by atoms with Crippen molar-refractivity contribution in [1.29, 1.82) is 0 Å². The van der Waals surface area contributed by atoms with Gasteiger partial charge in [0, 0.05) is 29.3 Å². The summed E-state index contributed by atoms with van der Waals surface area (Å²) in [6.45, 7) is 8.10. The minimum absolute atomic E-state index is 0.00967. The number of alkyl carbamates (subject to hydrolysis) is 2. The minimum atomic E-state index is -3.29. The van der Waals surface area contributed by atoms with Crippen LogP contribution in [0.5, 0.6) is 0 Å². The number of halogens is 2. The lowest BCUT2D eigenvalue weighted by atomic mass is 9.90. The van der Waals surface area contributed by atoms with Crippen LogP contribution in [0.15, 0.2) is 60.8 Å². The van der Waals surface area contributed by atoms with E-state index in [1.165, 1.54) is 20.3 Å². The molecule has 4 N–H and O–H groups in total. The van der Waals surface area contributed by atoms with Crippen molar-refractivity contribution in [3.8, 4) is 33.5 Å². The first-order chi connectivity index (χ1) is 31.6. The number of fused-ring (bicyclic) bond motifs is 6. The number of ether oxygens (including phenoxy) is 2.